The van der Waals surface area contributed by atoms with Gasteiger partial charge >= 0.3 is 5.97 Å². The van der Waals surface area contributed by atoms with Gasteiger partial charge in [-0.05, 0) is 35.8 Å². The van der Waals surface area contributed by atoms with Crippen molar-refractivity contribution >= 4 is 39.1 Å². The maximum atomic E-state index is 11.6. The molecule has 0 aliphatic rings. The first-order chi connectivity index (χ1) is 7.54. The molecule has 16 heavy (non-hydrogen) atoms. The van der Waals surface area contributed by atoms with Crippen LogP contribution in [0.25, 0.3) is 0 Å². The number of ether oxygens (including phenoxy) is 1. The molecular weight excluding hydrogens is 294 g/mol. The smallest absolute Gasteiger partial charge is 0.328 e. The zero-order valence-corrected chi connectivity index (χ0v) is 11.4. The molecule has 1 aromatic heterocycles. The number of carbonyl (C=O) groups excluding carboxylic acids is 2. The van der Waals surface area contributed by atoms with Crippen molar-refractivity contribution in [3.05, 3.63) is 20.8 Å². The van der Waals surface area contributed by atoms with E-state index in [2.05, 4.69) is 21.2 Å². The summed E-state index contributed by atoms with van der Waals surface area (Å²) in [5, 5.41) is 4.29. The first-order valence-electron chi connectivity index (χ1n) is 4.76. The lowest BCUT2D eigenvalue weighted by molar-refractivity contribution is -0.144. The molecule has 0 aromatic carbocycles. The van der Waals surface area contributed by atoms with E-state index in [0.29, 0.717) is 12.2 Å². The first-order valence-corrected chi connectivity index (χ1v) is 6.43. The van der Waals surface area contributed by atoms with Crippen molar-refractivity contribution in [2.45, 2.75) is 19.9 Å². The molecule has 4 nitrogen and oxygen atoms in total. The second kappa shape index (κ2) is 6.00. The molecule has 0 saturated carbocycles. The standard InChI is InChI=1S/C10H12BrNO3S/c1-3-15-10(14)6(2)12-9(13)7-4-8(11)16-5-7/h4-6H,3H2,1-2H3,(H,12,13). The van der Waals surface area contributed by atoms with Gasteiger partial charge in [-0.15, -0.1) is 11.3 Å². The van der Waals surface area contributed by atoms with Crippen LogP contribution >= 0.6 is 27.3 Å². The van der Waals surface area contributed by atoms with Gasteiger partial charge in [-0.25, -0.2) is 4.79 Å². The van der Waals surface area contributed by atoms with Crippen LogP contribution in [0.4, 0.5) is 0 Å². The van der Waals surface area contributed by atoms with E-state index >= 15 is 0 Å². The predicted octanol–water partition coefficient (Wildman–Crippen LogP) is 2.19. The molecule has 1 atom stereocenters. The number of hydrogen-bond donors (Lipinski definition) is 1. The van der Waals surface area contributed by atoms with Crippen molar-refractivity contribution in [3.63, 3.8) is 0 Å². The molecule has 0 fully saturated rings. The van der Waals surface area contributed by atoms with Crippen LogP contribution < -0.4 is 5.32 Å². The highest BCUT2D eigenvalue weighted by atomic mass is 79.9. The van der Waals surface area contributed by atoms with Crippen LogP contribution in [-0.2, 0) is 9.53 Å². The number of thiophene rings is 1. The molecule has 0 aliphatic carbocycles. The maximum absolute atomic E-state index is 11.6. The fraction of sp³-hybridized carbons (Fsp3) is 0.400. The number of esters is 1. The molecule has 0 bridgehead atoms. The highest BCUT2D eigenvalue weighted by Crippen LogP contribution is 2.20. The summed E-state index contributed by atoms with van der Waals surface area (Å²) in [4.78, 5) is 22.9. The summed E-state index contributed by atoms with van der Waals surface area (Å²) in [6.07, 6.45) is 0. The van der Waals surface area contributed by atoms with Crippen LogP contribution in [0, 0.1) is 0 Å². The third-order valence-corrected chi connectivity index (χ3v) is 3.32. The Morgan fingerprint density at radius 1 is 1.62 bits per heavy atom. The Morgan fingerprint density at radius 3 is 2.81 bits per heavy atom. The first kappa shape index (κ1) is 13.2. The van der Waals surface area contributed by atoms with Crippen LogP contribution in [0.3, 0.4) is 0 Å². The third-order valence-electron chi connectivity index (χ3n) is 1.82. The van der Waals surface area contributed by atoms with Crippen LogP contribution in [0.1, 0.15) is 24.2 Å². The molecule has 88 valence electrons. The number of carbonyl (C=O) groups is 2. The molecule has 1 amide bonds. The summed E-state index contributed by atoms with van der Waals surface area (Å²) in [7, 11) is 0. The van der Waals surface area contributed by atoms with Gasteiger partial charge in [0.1, 0.15) is 6.04 Å². The van der Waals surface area contributed by atoms with Gasteiger partial charge in [0, 0.05) is 5.38 Å². The van der Waals surface area contributed by atoms with Crippen molar-refractivity contribution in [1.82, 2.24) is 5.32 Å². The Bertz CT molecular complexity index is 391. The second-order valence-corrected chi connectivity index (χ2v) is 5.38. The van der Waals surface area contributed by atoms with Crippen molar-refractivity contribution in [2.24, 2.45) is 0 Å². The minimum Gasteiger partial charge on any atom is -0.464 e. The molecule has 0 saturated heterocycles. The minimum absolute atomic E-state index is 0.275. The van der Waals surface area contributed by atoms with E-state index in [-0.39, 0.29) is 5.91 Å². The van der Waals surface area contributed by atoms with E-state index in [9.17, 15) is 9.59 Å². The SMILES string of the molecule is CCOC(=O)C(C)NC(=O)c1csc(Br)c1. The van der Waals surface area contributed by atoms with Crippen molar-refractivity contribution in [3.8, 4) is 0 Å². The normalized spacial score (nSPS) is 11.9. The fourth-order valence-electron chi connectivity index (χ4n) is 1.04. The molecule has 1 heterocycles. The van der Waals surface area contributed by atoms with E-state index in [1.165, 1.54) is 11.3 Å². The minimum atomic E-state index is -0.633. The highest BCUT2D eigenvalue weighted by Gasteiger charge is 2.17. The van der Waals surface area contributed by atoms with E-state index in [4.69, 9.17) is 4.74 Å². The average molecular weight is 306 g/mol. The van der Waals surface area contributed by atoms with Gasteiger partial charge in [-0.2, -0.15) is 0 Å². The molecule has 1 aromatic rings. The quantitative estimate of drug-likeness (QED) is 0.868. The molecule has 0 aliphatic heterocycles. The van der Waals surface area contributed by atoms with E-state index in [1.54, 1.807) is 25.3 Å². The van der Waals surface area contributed by atoms with Gasteiger partial charge in [0.25, 0.3) is 5.91 Å². The van der Waals surface area contributed by atoms with Crippen molar-refractivity contribution < 1.29 is 14.3 Å². The Balaban J connectivity index is 2.54. The summed E-state index contributed by atoms with van der Waals surface area (Å²) in [5.74, 6) is -0.701. The van der Waals surface area contributed by atoms with Crippen LogP contribution in [0.15, 0.2) is 15.2 Å². The predicted molar refractivity (Wildman–Crippen MR) is 65.6 cm³/mol. The van der Waals surface area contributed by atoms with E-state index in [1.807, 2.05) is 0 Å². The van der Waals surface area contributed by atoms with Gasteiger partial charge in [-0.3, -0.25) is 4.79 Å². The Labute approximate surface area is 106 Å². The highest BCUT2D eigenvalue weighted by molar-refractivity contribution is 9.11. The summed E-state index contributed by atoms with van der Waals surface area (Å²) in [5.41, 5.74) is 0.535. The zero-order chi connectivity index (χ0) is 12.1. The lowest BCUT2D eigenvalue weighted by atomic mass is 10.3. The zero-order valence-electron chi connectivity index (χ0n) is 8.95. The van der Waals surface area contributed by atoms with Crippen LogP contribution in [0.5, 0.6) is 0 Å². The number of rotatable bonds is 4. The Morgan fingerprint density at radius 2 is 2.31 bits per heavy atom. The molecule has 6 heteroatoms. The van der Waals surface area contributed by atoms with Crippen LogP contribution in [0.2, 0.25) is 0 Å². The van der Waals surface area contributed by atoms with Crippen LogP contribution in [-0.4, -0.2) is 24.5 Å². The van der Waals surface area contributed by atoms with Gasteiger partial charge in [0.2, 0.25) is 0 Å². The summed E-state index contributed by atoms with van der Waals surface area (Å²) in [6.45, 7) is 3.63. The van der Waals surface area contributed by atoms with E-state index in [0.717, 1.165) is 3.79 Å². The molecule has 0 radical (unpaired) electrons. The number of nitrogens with one attached hydrogen (secondary N) is 1. The number of halogens is 1. The molecular formula is C10H12BrNO3S. The monoisotopic (exact) mass is 305 g/mol. The summed E-state index contributed by atoms with van der Waals surface area (Å²) < 4.78 is 5.66. The summed E-state index contributed by atoms with van der Waals surface area (Å²) >= 11 is 4.69. The van der Waals surface area contributed by atoms with Gasteiger partial charge < -0.3 is 10.1 Å². The van der Waals surface area contributed by atoms with Crippen molar-refractivity contribution in [2.75, 3.05) is 6.61 Å². The lowest BCUT2D eigenvalue weighted by Gasteiger charge is -2.11. The Hall–Kier alpha value is -0.880. The van der Waals surface area contributed by atoms with Gasteiger partial charge in [0.05, 0.1) is 16.0 Å². The van der Waals surface area contributed by atoms with E-state index < -0.39 is 12.0 Å². The number of hydrogen-bond acceptors (Lipinski definition) is 4. The molecule has 1 rings (SSSR count). The largest absolute Gasteiger partial charge is 0.464 e. The summed E-state index contributed by atoms with van der Waals surface area (Å²) in [6, 6.07) is 1.07. The second-order valence-electron chi connectivity index (χ2n) is 3.09. The molecule has 0 spiro atoms. The Kier molecular flexibility index (Phi) is 4.95. The maximum Gasteiger partial charge on any atom is 0.328 e. The number of amides is 1. The average Bonchev–Trinajstić information content (AvgIpc) is 2.65. The lowest BCUT2D eigenvalue weighted by Crippen LogP contribution is -2.39. The molecule has 1 unspecified atom stereocenters. The van der Waals surface area contributed by atoms with Gasteiger partial charge in [0.15, 0.2) is 0 Å². The fourth-order valence-corrected chi connectivity index (χ4v) is 2.17. The van der Waals surface area contributed by atoms with Gasteiger partial charge in [-0.1, -0.05) is 0 Å². The van der Waals surface area contributed by atoms with Crippen molar-refractivity contribution in [1.29, 1.82) is 0 Å². The topological polar surface area (TPSA) is 55.4 Å². The third kappa shape index (κ3) is 3.61. The molecule has 1 N–H and O–H groups in total.